The molecule has 0 radical (unpaired) electrons. The minimum absolute atomic E-state index is 0.177. The maximum Gasteiger partial charge on any atom is 0.416 e. The molecule has 1 amide bonds. The van der Waals surface area contributed by atoms with E-state index in [0.717, 1.165) is 12.1 Å². The highest BCUT2D eigenvalue weighted by molar-refractivity contribution is 5.92. The number of halogens is 3. The molecule has 0 unspecified atom stereocenters. The van der Waals surface area contributed by atoms with Crippen molar-refractivity contribution in [2.45, 2.75) is 19.2 Å². The summed E-state index contributed by atoms with van der Waals surface area (Å²) in [6.07, 6.45) is -4.69. The molecule has 23 heavy (non-hydrogen) atoms. The van der Waals surface area contributed by atoms with Crippen LogP contribution in [0.4, 0.5) is 18.9 Å². The molecule has 2 rings (SSSR count). The molecule has 3 N–H and O–H groups in total. The van der Waals surface area contributed by atoms with E-state index in [0.29, 0.717) is 5.56 Å². The zero-order valence-corrected chi connectivity index (χ0v) is 11.9. The molecular formula is C16H14F3NO3. The Labute approximate surface area is 130 Å². The predicted octanol–water partition coefficient (Wildman–Crippen LogP) is 3.08. The van der Waals surface area contributed by atoms with Crippen LogP contribution < -0.4 is 5.32 Å². The van der Waals surface area contributed by atoms with Crippen LogP contribution in [-0.4, -0.2) is 16.1 Å². The summed E-state index contributed by atoms with van der Waals surface area (Å²) in [5.74, 6) is -0.690. The molecule has 0 aliphatic rings. The van der Waals surface area contributed by atoms with Gasteiger partial charge in [-0.15, -0.1) is 0 Å². The van der Waals surface area contributed by atoms with Crippen molar-refractivity contribution in [1.29, 1.82) is 0 Å². The minimum Gasteiger partial charge on any atom is -0.508 e. The lowest BCUT2D eigenvalue weighted by Gasteiger charge is -2.10. The third kappa shape index (κ3) is 4.46. The molecule has 0 fully saturated rings. The fraction of sp³-hybridized carbons (Fsp3) is 0.188. The number of aliphatic hydroxyl groups excluding tert-OH is 1. The molecule has 0 aliphatic carbocycles. The normalized spacial score (nSPS) is 11.3. The third-order valence-electron chi connectivity index (χ3n) is 3.16. The number of carbonyl (C=O) groups is 1. The zero-order valence-electron chi connectivity index (χ0n) is 11.9. The fourth-order valence-electron chi connectivity index (χ4n) is 2.02. The van der Waals surface area contributed by atoms with E-state index in [1.54, 1.807) is 0 Å². The van der Waals surface area contributed by atoms with Crippen molar-refractivity contribution < 1.29 is 28.2 Å². The van der Waals surface area contributed by atoms with Crippen molar-refractivity contribution in [3.8, 4) is 5.75 Å². The number of phenols is 1. The number of carbonyl (C=O) groups excluding carboxylic acids is 1. The number of aromatic hydroxyl groups is 1. The summed E-state index contributed by atoms with van der Waals surface area (Å²) in [5, 5.41) is 21.0. The van der Waals surface area contributed by atoms with E-state index in [2.05, 4.69) is 5.32 Å². The molecule has 0 saturated carbocycles. The fourth-order valence-corrected chi connectivity index (χ4v) is 2.02. The summed E-state index contributed by atoms with van der Waals surface area (Å²) in [5.41, 5.74) is 0.0128. The molecule has 0 atom stereocenters. The first-order valence-electron chi connectivity index (χ1n) is 6.68. The zero-order chi connectivity index (χ0) is 17.0. The van der Waals surface area contributed by atoms with Crippen LogP contribution in [0.2, 0.25) is 0 Å². The van der Waals surface area contributed by atoms with Crippen molar-refractivity contribution in [3.63, 3.8) is 0 Å². The molecule has 0 bridgehead atoms. The summed E-state index contributed by atoms with van der Waals surface area (Å²) in [6.45, 7) is -0.343. The SMILES string of the molecule is O=C(Cc1cccc(C(F)(F)F)c1)Nc1ccc(CO)c(O)c1. The molecule has 0 aliphatic heterocycles. The maximum absolute atomic E-state index is 12.6. The van der Waals surface area contributed by atoms with Crippen LogP contribution in [0, 0.1) is 0 Å². The van der Waals surface area contributed by atoms with Gasteiger partial charge in [-0.05, 0) is 17.7 Å². The van der Waals surface area contributed by atoms with Crippen LogP contribution in [0.5, 0.6) is 5.75 Å². The van der Waals surface area contributed by atoms with Crippen LogP contribution in [0.1, 0.15) is 16.7 Å². The van der Waals surface area contributed by atoms with E-state index < -0.39 is 17.6 Å². The van der Waals surface area contributed by atoms with E-state index >= 15 is 0 Å². The monoisotopic (exact) mass is 325 g/mol. The van der Waals surface area contributed by atoms with Crippen LogP contribution in [-0.2, 0) is 24.0 Å². The Bertz CT molecular complexity index is 714. The first kappa shape index (κ1) is 16.8. The number of alkyl halides is 3. The molecule has 4 nitrogen and oxygen atoms in total. The van der Waals surface area contributed by atoms with Crippen LogP contribution in [0.25, 0.3) is 0 Å². The Morgan fingerprint density at radius 3 is 2.48 bits per heavy atom. The maximum atomic E-state index is 12.6. The summed E-state index contributed by atoms with van der Waals surface area (Å²) in [6, 6.07) is 8.72. The Morgan fingerprint density at radius 2 is 1.87 bits per heavy atom. The minimum atomic E-state index is -4.46. The average Bonchev–Trinajstić information content (AvgIpc) is 2.46. The van der Waals surface area contributed by atoms with Gasteiger partial charge in [0, 0.05) is 17.3 Å². The predicted molar refractivity (Wildman–Crippen MR) is 77.8 cm³/mol. The molecule has 0 aromatic heterocycles. The highest BCUT2D eigenvalue weighted by Gasteiger charge is 2.30. The lowest BCUT2D eigenvalue weighted by atomic mass is 10.1. The van der Waals surface area contributed by atoms with Gasteiger partial charge in [-0.1, -0.05) is 24.3 Å². The van der Waals surface area contributed by atoms with E-state index in [1.165, 1.54) is 30.3 Å². The summed E-state index contributed by atoms with van der Waals surface area (Å²) in [4.78, 5) is 11.9. The van der Waals surface area contributed by atoms with Crippen LogP contribution in [0.3, 0.4) is 0 Å². The second-order valence-corrected chi connectivity index (χ2v) is 4.92. The van der Waals surface area contributed by atoms with Gasteiger partial charge in [0.15, 0.2) is 0 Å². The van der Waals surface area contributed by atoms with Gasteiger partial charge in [0.05, 0.1) is 18.6 Å². The number of amides is 1. The number of aliphatic hydroxyl groups is 1. The lowest BCUT2D eigenvalue weighted by molar-refractivity contribution is -0.137. The van der Waals surface area contributed by atoms with Gasteiger partial charge in [0.25, 0.3) is 0 Å². The highest BCUT2D eigenvalue weighted by atomic mass is 19.4. The largest absolute Gasteiger partial charge is 0.508 e. The molecule has 2 aromatic rings. The van der Waals surface area contributed by atoms with E-state index in [1.807, 2.05) is 0 Å². The lowest BCUT2D eigenvalue weighted by Crippen LogP contribution is -2.15. The number of anilines is 1. The molecule has 0 heterocycles. The Hall–Kier alpha value is -2.54. The summed E-state index contributed by atoms with van der Waals surface area (Å²) in [7, 11) is 0. The van der Waals surface area contributed by atoms with Crippen LogP contribution >= 0.6 is 0 Å². The average molecular weight is 325 g/mol. The van der Waals surface area contributed by atoms with E-state index in [4.69, 9.17) is 5.11 Å². The Morgan fingerprint density at radius 1 is 1.13 bits per heavy atom. The Kier molecular flexibility index (Phi) is 4.90. The number of benzene rings is 2. The van der Waals surface area contributed by atoms with Gasteiger partial charge >= 0.3 is 6.18 Å². The van der Waals surface area contributed by atoms with Crippen molar-refractivity contribution in [1.82, 2.24) is 0 Å². The van der Waals surface area contributed by atoms with E-state index in [9.17, 15) is 23.1 Å². The number of hydrogen-bond acceptors (Lipinski definition) is 3. The molecule has 0 spiro atoms. The molecular weight excluding hydrogens is 311 g/mol. The molecule has 122 valence electrons. The topological polar surface area (TPSA) is 69.6 Å². The van der Waals surface area contributed by atoms with Crippen molar-refractivity contribution in [3.05, 3.63) is 59.2 Å². The molecule has 7 heteroatoms. The smallest absolute Gasteiger partial charge is 0.416 e. The third-order valence-corrected chi connectivity index (χ3v) is 3.16. The standard InChI is InChI=1S/C16H14F3NO3/c17-16(18,19)12-3-1-2-10(6-12)7-15(23)20-13-5-4-11(9-21)14(22)8-13/h1-6,8,21-22H,7,9H2,(H,20,23). The van der Waals surface area contributed by atoms with Gasteiger partial charge in [-0.25, -0.2) is 0 Å². The van der Waals surface area contributed by atoms with Gasteiger partial charge in [0.1, 0.15) is 5.75 Å². The first-order chi connectivity index (χ1) is 10.8. The molecule has 0 saturated heterocycles. The van der Waals surface area contributed by atoms with Gasteiger partial charge in [-0.2, -0.15) is 13.2 Å². The molecule has 2 aromatic carbocycles. The Balaban J connectivity index is 2.07. The first-order valence-corrected chi connectivity index (χ1v) is 6.68. The van der Waals surface area contributed by atoms with Crippen molar-refractivity contribution in [2.24, 2.45) is 0 Å². The number of rotatable bonds is 4. The quantitative estimate of drug-likeness (QED) is 0.809. The highest BCUT2D eigenvalue weighted by Crippen LogP contribution is 2.29. The summed E-state index contributed by atoms with van der Waals surface area (Å²) < 4.78 is 37.9. The van der Waals surface area contributed by atoms with Crippen molar-refractivity contribution in [2.75, 3.05) is 5.32 Å². The van der Waals surface area contributed by atoms with Gasteiger partial charge in [-0.3, -0.25) is 4.79 Å². The van der Waals surface area contributed by atoms with Crippen LogP contribution in [0.15, 0.2) is 42.5 Å². The van der Waals surface area contributed by atoms with Gasteiger partial charge in [0.2, 0.25) is 5.91 Å². The second-order valence-electron chi connectivity index (χ2n) is 4.92. The number of nitrogens with one attached hydrogen (secondary N) is 1. The number of hydrogen-bond donors (Lipinski definition) is 3. The summed E-state index contributed by atoms with van der Waals surface area (Å²) >= 11 is 0. The van der Waals surface area contributed by atoms with Gasteiger partial charge < -0.3 is 15.5 Å². The van der Waals surface area contributed by atoms with Crippen molar-refractivity contribution >= 4 is 11.6 Å². The van der Waals surface area contributed by atoms with E-state index in [-0.39, 0.29) is 30.0 Å². The second kappa shape index (κ2) is 6.70.